The van der Waals surface area contributed by atoms with Crippen molar-refractivity contribution < 1.29 is 4.79 Å². The number of carbonyl (C=O) groups excluding carboxylic acids is 1. The summed E-state index contributed by atoms with van der Waals surface area (Å²) in [6.07, 6.45) is 5.67. The Labute approximate surface area is 167 Å². The van der Waals surface area contributed by atoms with Gasteiger partial charge in [0.05, 0.1) is 17.1 Å². The van der Waals surface area contributed by atoms with Gasteiger partial charge < -0.3 is 16.4 Å². The van der Waals surface area contributed by atoms with Gasteiger partial charge in [0.25, 0.3) is 0 Å². The Balaban J connectivity index is 1.61. The van der Waals surface area contributed by atoms with Crippen LogP contribution in [0.4, 0.5) is 0 Å². The van der Waals surface area contributed by atoms with Gasteiger partial charge in [-0.15, -0.1) is 22.7 Å². The summed E-state index contributed by atoms with van der Waals surface area (Å²) in [5.74, 6) is -0.137. The molecule has 7 heteroatoms. The molecule has 0 unspecified atom stereocenters. The highest BCUT2D eigenvalue weighted by Gasteiger charge is 2.42. The second-order valence-electron chi connectivity index (χ2n) is 7.41. The van der Waals surface area contributed by atoms with Crippen molar-refractivity contribution in [3.8, 4) is 6.07 Å². The van der Waals surface area contributed by atoms with Crippen molar-refractivity contribution >= 4 is 28.6 Å². The Morgan fingerprint density at radius 3 is 3.00 bits per heavy atom. The highest BCUT2D eigenvalue weighted by Crippen LogP contribution is 2.42. The van der Waals surface area contributed by atoms with Crippen LogP contribution >= 0.6 is 22.7 Å². The van der Waals surface area contributed by atoms with Gasteiger partial charge in [0.1, 0.15) is 6.07 Å². The van der Waals surface area contributed by atoms with E-state index in [4.69, 9.17) is 5.73 Å². The van der Waals surface area contributed by atoms with Gasteiger partial charge in [0.15, 0.2) is 0 Å². The summed E-state index contributed by atoms with van der Waals surface area (Å²) in [7, 11) is 0. The first-order valence-electron chi connectivity index (χ1n) is 9.49. The van der Waals surface area contributed by atoms with Crippen LogP contribution in [0, 0.1) is 11.3 Å². The van der Waals surface area contributed by atoms with Crippen molar-refractivity contribution in [2.24, 2.45) is 5.73 Å². The molecule has 3 heterocycles. The van der Waals surface area contributed by atoms with Crippen LogP contribution in [0.5, 0.6) is 0 Å². The second-order valence-corrected chi connectivity index (χ2v) is 9.55. The van der Waals surface area contributed by atoms with Crippen LogP contribution in [-0.4, -0.2) is 25.0 Å². The van der Waals surface area contributed by atoms with Crippen molar-refractivity contribution in [2.45, 2.75) is 50.1 Å². The van der Waals surface area contributed by atoms with Crippen molar-refractivity contribution in [3.63, 3.8) is 0 Å². The molecule has 4 rings (SSSR count). The van der Waals surface area contributed by atoms with Crippen LogP contribution in [0.25, 0.3) is 0 Å². The lowest BCUT2D eigenvalue weighted by Crippen LogP contribution is -2.53. The Hall–Kier alpha value is -1.72. The van der Waals surface area contributed by atoms with E-state index in [1.807, 2.05) is 17.5 Å². The maximum atomic E-state index is 12.9. The molecule has 0 bridgehead atoms. The lowest BCUT2D eigenvalue weighted by Gasteiger charge is -2.30. The number of fused-ring (bicyclic) bond motifs is 1. The van der Waals surface area contributed by atoms with Crippen LogP contribution in [0.1, 0.15) is 45.0 Å². The van der Waals surface area contributed by atoms with Crippen LogP contribution in [0.15, 0.2) is 17.5 Å². The molecule has 2 aromatic heterocycles. The Kier molecular flexibility index (Phi) is 5.33. The number of aryl methyl sites for hydroxylation is 1. The van der Waals surface area contributed by atoms with Crippen LogP contribution in [-0.2, 0) is 29.6 Å². The highest BCUT2D eigenvalue weighted by molar-refractivity contribution is 7.12. The normalized spacial score (nSPS) is 22.8. The number of nitrogens with zero attached hydrogens (tertiary/aromatic N) is 1. The zero-order valence-electron chi connectivity index (χ0n) is 15.2. The summed E-state index contributed by atoms with van der Waals surface area (Å²) in [4.78, 5) is 16.4. The van der Waals surface area contributed by atoms with Gasteiger partial charge in [-0.3, -0.25) is 4.79 Å². The number of nitrogens with one attached hydrogen (secondary N) is 2. The zero-order chi connectivity index (χ0) is 18.9. The SMILES string of the molecule is N#Cc1c([C@]2(NC(=O)[C@@H](N)Cc3cccs3)CCNC2)sc2c1CCCC2. The fourth-order valence-corrected chi connectivity index (χ4v) is 6.41. The van der Waals surface area contributed by atoms with Gasteiger partial charge in [0, 0.05) is 27.6 Å². The van der Waals surface area contributed by atoms with E-state index in [1.165, 1.54) is 16.9 Å². The maximum Gasteiger partial charge on any atom is 0.238 e. The van der Waals surface area contributed by atoms with Gasteiger partial charge in [-0.1, -0.05) is 6.07 Å². The van der Waals surface area contributed by atoms with Gasteiger partial charge in [-0.25, -0.2) is 0 Å². The first-order valence-corrected chi connectivity index (χ1v) is 11.2. The first-order chi connectivity index (χ1) is 13.1. The highest BCUT2D eigenvalue weighted by atomic mass is 32.1. The third-order valence-electron chi connectivity index (χ3n) is 5.57. The van der Waals surface area contributed by atoms with Crippen molar-refractivity contribution in [3.05, 3.63) is 43.3 Å². The molecule has 2 atom stereocenters. The van der Waals surface area contributed by atoms with Crippen molar-refractivity contribution in [1.29, 1.82) is 5.26 Å². The summed E-state index contributed by atoms with van der Waals surface area (Å²) in [6.45, 7) is 1.48. The predicted octanol–water partition coefficient (Wildman–Crippen LogP) is 2.43. The topological polar surface area (TPSA) is 90.9 Å². The van der Waals surface area contributed by atoms with E-state index in [9.17, 15) is 10.1 Å². The van der Waals surface area contributed by atoms with E-state index in [1.54, 1.807) is 22.7 Å². The molecule has 0 spiro atoms. The molecule has 0 aromatic carbocycles. The minimum absolute atomic E-state index is 0.137. The minimum atomic E-state index is -0.582. The molecule has 5 nitrogen and oxygen atoms in total. The first kappa shape index (κ1) is 18.6. The average Bonchev–Trinajstić information content (AvgIpc) is 3.41. The summed E-state index contributed by atoms with van der Waals surface area (Å²) < 4.78 is 0. The number of hydrogen-bond donors (Lipinski definition) is 3. The number of nitrogens with two attached hydrogens (primary N) is 1. The molecule has 1 amide bonds. The Morgan fingerprint density at radius 1 is 1.44 bits per heavy atom. The van der Waals surface area contributed by atoms with Crippen LogP contribution in [0.3, 0.4) is 0 Å². The maximum absolute atomic E-state index is 12.9. The van der Waals surface area contributed by atoms with Gasteiger partial charge in [-0.2, -0.15) is 5.26 Å². The molecule has 142 valence electrons. The van der Waals surface area contributed by atoms with Crippen molar-refractivity contribution in [2.75, 3.05) is 13.1 Å². The number of hydrogen-bond acceptors (Lipinski definition) is 6. The molecule has 1 saturated heterocycles. The molecule has 1 fully saturated rings. The standard InChI is InChI=1S/C20H24N4OS2/c21-11-15-14-5-1-2-6-17(14)27-18(15)20(7-8-23-12-20)24-19(25)16(22)10-13-4-3-9-26-13/h3-4,9,16,23H,1-2,5-8,10,12,22H2,(H,24,25)/t16-,20-/m0/s1. The molecule has 2 aromatic rings. The fourth-order valence-electron chi connectivity index (χ4n) is 4.14. The lowest BCUT2D eigenvalue weighted by molar-refractivity contribution is -0.124. The Morgan fingerprint density at radius 2 is 2.30 bits per heavy atom. The minimum Gasteiger partial charge on any atom is -0.343 e. The molecule has 1 aliphatic heterocycles. The monoisotopic (exact) mass is 400 g/mol. The molecule has 4 N–H and O–H groups in total. The van der Waals surface area contributed by atoms with E-state index in [0.29, 0.717) is 13.0 Å². The number of carbonyl (C=O) groups is 1. The quantitative estimate of drug-likeness (QED) is 0.719. The molecular formula is C20H24N4OS2. The molecular weight excluding hydrogens is 376 g/mol. The third kappa shape index (κ3) is 3.55. The smallest absolute Gasteiger partial charge is 0.238 e. The Bertz CT molecular complexity index is 859. The summed E-state index contributed by atoms with van der Waals surface area (Å²) in [5.41, 5.74) is 7.70. The summed E-state index contributed by atoms with van der Waals surface area (Å²) >= 11 is 3.34. The zero-order valence-corrected chi connectivity index (χ0v) is 16.8. The molecule has 27 heavy (non-hydrogen) atoms. The molecule has 2 aliphatic rings. The molecule has 0 radical (unpaired) electrons. The van der Waals surface area contributed by atoms with E-state index in [-0.39, 0.29) is 5.91 Å². The third-order valence-corrected chi connectivity index (χ3v) is 7.97. The fraction of sp³-hybridized carbons (Fsp3) is 0.500. The summed E-state index contributed by atoms with van der Waals surface area (Å²) in [5, 5.41) is 18.5. The van der Waals surface area contributed by atoms with Crippen LogP contribution < -0.4 is 16.4 Å². The number of amides is 1. The number of nitriles is 1. The van der Waals surface area contributed by atoms with E-state index in [2.05, 4.69) is 16.7 Å². The van der Waals surface area contributed by atoms with E-state index >= 15 is 0 Å². The van der Waals surface area contributed by atoms with E-state index < -0.39 is 11.6 Å². The van der Waals surface area contributed by atoms with Gasteiger partial charge in [0.2, 0.25) is 5.91 Å². The largest absolute Gasteiger partial charge is 0.343 e. The van der Waals surface area contributed by atoms with Gasteiger partial charge in [-0.05, 0) is 55.7 Å². The number of rotatable bonds is 5. The second kappa shape index (κ2) is 7.72. The van der Waals surface area contributed by atoms with Crippen molar-refractivity contribution in [1.82, 2.24) is 10.6 Å². The molecule has 1 aliphatic carbocycles. The van der Waals surface area contributed by atoms with Crippen LogP contribution in [0.2, 0.25) is 0 Å². The summed E-state index contributed by atoms with van der Waals surface area (Å²) in [6, 6.07) is 5.84. The predicted molar refractivity (Wildman–Crippen MR) is 109 cm³/mol. The van der Waals surface area contributed by atoms with E-state index in [0.717, 1.165) is 47.5 Å². The lowest BCUT2D eigenvalue weighted by atomic mass is 9.88. The molecule has 0 saturated carbocycles. The average molecular weight is 401 g/mol. The number of thiophene rings is 2. The van der Waals surface area contributed by atoms with Gasteiger partial charge >= 0.3 is 0 Å².